The van der Waals surface area contributed by atoms with Gasteiger partial charge in [0, 0.05) is 30.9 Å². The van der Waals surface area contributed by atoms with E-state index in [2.05, 4.69) is 4.98 Å². The molecule has 1 fully saturated rings. The zero-order valence-corrected chi connectivity index (χ0v) is 16.3. The molecular formula is C15H19IN2O8. The number of nitrogens with one attached hydrogen (secondary N) is 1. The summed E-state index contributed by atoms with van der Waals surface area (Å²) in [5.41, 5.74) is -1.38. The molecule has 0 spiro atoms. The molecule has 0 radical (unpaired) electrons. The van der Waals surface area contributed by atoms with Gasteiger partial charge in [-0.15, -0.1) is 0 Å². The quantitative estimate of drug-likeness (QED) is 0.323. The van der Waals surface area contributed by atoms with Crippen molar-refractivity contribution in [3.05, 3.63) is 32.6 Å². The Kier molecular flexibility index (Phi) is 6.94. The van der Waals surface area contributed by atoms with Gasteiger partial charge in [-0.05, 0) is 0 Å². The van der Waals surface area contributed by atoms with Crippen LogP contribution in [-0.4, -0.2) is 49.8 Å². The molecule has 0 aliphatic carbocycles. The smallest absolute Gasteiger partial charge is 0.330 e. The summed E-state index contributed by atoms with van der Waals surface area (Å²) < 4.78 is 17.2. The predicted octanol–water partition coefficient (Wildman–Crippen LogP) is -0.213. The number of nitrogens with zero attached hydrogens (tertiary/aromatic N) is 1. The number of hydrogen-bond donors (Lipinski definition) is 2. The summed E-state index contributed by atoms with van der Waals surface area (Å²) in [7, 11) is 0. The van der Waals surface area contributed by atoms with Crippen LogP contribution in [0.25, 0.3) is 0 Å². The number of aliphatic hydroxyl groups excluding tert-OH is 1. The largest absolute Gasteiger partial charge is 0.463 e. The lowest BCUT2D eigenvalue weighted by molar-refractivity contribution is -0.155. The van der Waals surface area contributed by atoms with E-state index in [1.54, 1.807) is 0 Å². The topological polar surface area (TPSA) is 137 Å². The van der Waals surface area contributed by atoms with Crippen LogP contribution in [0.3, 0.4) is 0 Å². The minimum absolute atomic E-state index is 0.0232. The monoisotopic (exact) mass is 482 g/mol. The Hall–Kier alpha value is -1.73. The number of aliphatic hydroxyl groups is 1. The van der Waals surface area contributed by atoms with E-state index < -0.39 is 47.7 Å². The van der Waals surface area contributed by atoms with E-state index >= 15 is 0 Å². The van der Waals surface area contributed by atoms with Crippen LogP contribution in [0.5, 0.6) is 0 Å². The summed E-state index contributed by atoms with van der Waals surface area (Å²) in [6.07, 6.45) is -2.04. The van der Waals surface area contributed by atoms with Crippen molar-refractivity contribution in [1.82, 2.24) is 9.55 Å². The van der Waals surface area contributed by atoms with E-state index in [0.717, 1.165) is 4.57 Å². The minimum atomic E-state index is -1.05. The third-order valence-corrected chi connectivity index (χ3v) is 4.59. The molecule has 0 amide bonds. The molecule has 4 atom stereocenters. The van der Waals surface area contributed by atoms with Gasteiger partial charge < -0.3 is 19.3 Å². The van der Waals surface area contributed by atoms with Crippen LogP contribution in [0.1, 0.15) is 38.2 Å². The first-order valence-corrected chi connectivity index (χ1v) is 9.31. The van der Waals surface area contributed by atoms with Crippen LogP contribution in [0.15, 0.2) is 15.8 Å². The molecule has 1 aliphatic heterocycles. The first-order valence-electron chi connectivity index (χ1n) is 7.78. The fourth-order valence-electron chi connectivity index (χ4n) is 2.59. The number of ether oxygens (including phenoxy) is 3. The molecule has 144 valence electrons. The molecule has 2 rings (SSSR count). The van der Waals surface area contributed by atoms with Gasteiger partial charge in [0.25, 0.3) is 5.56 Å². The summed E-state index contributed by atoms with van der Waals surface area (Å²) in [5.74, 6) is -1.06. The van der Waals surface area contributed by atoms with Crippen molar-refractivity contribution in [1.29, 1.82) is 0 Å². The fourth-order valence-corrected chi connectivity index (χ4v) is 3.07. The minimum Gasteiger partial charge on any atom is -0.463 e. The first-order chi connectivity index (χ1) is 12.2. The van der Waals surface area contributed by atoms with Gasteiger partial charge in [0.1, 0.15) is 25.0 Å². The molecule has 0 bridgehead atoms. The van der Waals surface area contributed by atoms with Crippen LogP contribution >= 0.6 is 22.6 Å². The Labute approximate surface area is 161 Å². The molecular weight excluding hydrogens is 463 g/mol. The molecule has 1 unspecified atom stereocenters. The standard InChI is InChI=1S/C15H19IN2O8/c1-7(19)24-6-12-11(25-8(2)20)3-13(26-12)18-5-9(10(21)4-16)14(22)17-15(18)23/h5,10-13,21H,3-4,6H2,1-2H3,(H,17,22,23)/t10?,11-,12+,13+/m0/s1. The number of aromatic nitrogens is 2. The molecule has 0 saturated carbocycles. The van der Waals surface area contributed by atoms with Crippen LogP contribution in [0.4, 0.5) is 0 Å². The van der Waals surface area contributed by atoms with Gasteiger partial charge in [0.15, 0.2) is 0 Å². The highest BCUT2D eigenvalue weighted by Crippen LogP contribution is 2.30. The molecule has 0 aromatic carbocycles. The Morgan fingerprint density at radius 2 is 2.12 bits per heavy atom. The van der Waals surface area contributed by atoms with Crippen molar-refractivity contribution in [2.75, 3.05) is 11.0 Å². The SMILES string of the molecule is CC(=O)OC[C@H]1O[C@@H](n2cc(C(O)CI)c(=O)[nH]c2=O)C[C@@H]1OC(C)=O. The molecule has 1 aromatic heterocycles. The lowest BCUT2D eigenvalue weighted by Gasteiger charge is -2.18. The normalized spacial score (nSPS) is 23.5. The lowest BCUT2D eigenvalue weighted by atomic mass is 10.2. The van der Waals surface area contributed by atoms with Crippen molar-refractivity contribution < 1.29 is 28.9 Å². The zero-order valence-electron chi connectivity index (χ0n) is 14.1. The maximum absolute atomic E-state index is 12.1. The number of rotatable bonds is 6. The Balaban J connectivity index is 2.30. The second-order valence-electron chi connectivity index (χ2n) is 5.74. The Morgan fingerprint density at radius 1 is 1.42 bits per heavy atom. The first kappa shape index (κ1) is 20.6. The molecule has 1 aromatic rings. The molecule has 26 heavy (non-hydrogen) atoms. The maximum Gasteiger partial charge on any atom is 0.330 e. The van der Waals surface area contributed by atoms with E-state index in [1.165, 1.54) is 20.0 Å². The van der Waals surface area contributed by atoms with E-state index in [4.69, 9.17) is 14.2 Å². The Bertz CT molecular complexity index is 789. The third kappa shape index (κ3) is 4.92. The highest BCUT2D eigenvalue weighted by Gasteiger charge is 2.39. The van der Waals surface area contributed by atoms with E-state index in [1.807, 2.05) is 22.6 Å². The number of H-pyrrole nitrogens is 1. The number of alkyl halides is 1. The average molecular weight is 482 g/mol. The van der Waals surface area contributed by atoms with Crippen LogP contribution in [-0.2, 0) is 23.8 Å². The number of hydrogen-bond acceptors (Lipinski definition) is 8. The number of carbonyl (C=O) groups excluding carboxylic acids is 2. The summed E-state index contributed by atoms with van der Waals surface area (Å²) in [6, 6.07) is 0. The third-order valence-electron chi connectivity index (χ3n) is 3.76. The lowest BCUT2D eigenvalue weighted by Crippen LogP contribution is -2.35. The summed E-state index contributed by atoms with van der Waals surface area (Å²) in [5, 5.41) is 9.93. The van der Waals surface area contributed by atoms with Crippen molar-refractivity contribution >= 4 is 34.5 Å². The summed E-state index contributed by atoms with van der Waals surface area (Å²) in [6.45, 7) is 2.32. The number of aromatic amines is 1. The van der Waals surface area contributed by atoms with Crippen molar-refractivity contribution in [3.8, 4) is 0 Å². The van der Waals surface area contributed by atoms with Crippen molar-refractivity contribution in [2.24, 2.45) is 0 Å². The van der Waals surface area contributed by atoms with Crippen molar-refractivity contribution in [2.45, 2.75) is 44.8 Å². The molecule has 2 N–H and O–H groups in total. The van der Waals surface area contributed by atoms with Gasteiger partial charge in [-0.3, -0.25) is 23.9 Å². The van der Waals surface area contributed by atoms with Gasteiger partial charge in [0.2, 0.25) is 0 Å². The second-order valence-corrected chi connectivity index (χ2v) is 6.62. The van der Waals surface area contributed by atoms with Crippen LogP contribution in [0.2, 0.25) is 0 Å². The molecule has 10 nitrogen and oxygen atoms in total. The van der Waals surface area contributed by atoms with Gasteiger partial charge in [0.05, 0.1) is 11.7 Å². The maximum atomic E-state index is 12.1. The number of carbonyl (C=O) groups is 2. The van der Waals surface area contributed by atoms with Crippen LogP contribution < -0.4 is 11.2 Å². The fraction of sp³-hybridized carbons (Fsp3) is 0.600. The highest BCUT2D eigenvalue weighted by molar-refractivity contribution is 14.1. The molecule has 1 saturated heterocycles. The van der Waals surface area contributed by atoms with Gasteiger partial charge in [-0.1, -0.05) is 22.6 Å². The van der Waals surface area contributed by atoms with Crippen LogP contribution in [0, 0.1) is 0 Å². The van der Waals surface area contributed by atoms with Crippen molar-refractivity contribution in [3.63, 3.8) is 0 Å². The van der Waals surface area contributed by atoms with E-state index in [9.17, 15) is 24.3 Å². The highest BCUT2D eigenvalue weighted by atomic mass is 127. The van der Waals surface area contributed by atoms with E-state index in [-0.39, 0.29) is 23.0 Å². The van der Waals surface area contributed by atoms with Gasteiger partial charge in [-0.25, -0.2) is 4.79 Å². The predicted molar refractivity (Wildman–Crippen MR) is 95.9 cm³/mol. The number of esters is 2. The zero-order chi connectivity index (χ0) is 19.4. The summed E-state index contributed by atoms with van der Waals surface area (Å²) in [4.78, 5) is 48.4. The molecule has 11 heteroatoms. The average Bonchev–Trinajstić information content (AvgIpc) is 2.94. The van der Waals surface area contributed by atoms with E-state index in [0.29, 0.717) is 0 Å². The molecule has 1 aliphatic rings. The Morgan fingerprint density at radius 3 is 2.69 bits per heavy atom. The summed E-state index contributed by atoms with van der Waals surface area (Å²) >= 11 is 1.91. The van der Waals surface area contributed by atoms with Gasteiger partial charge in [-0.2, -0.15) is 0 Å². The second kappa shape index (κ2) is 8.77. The molecule has 2 heterocycles. The van der Waals surface area contributed by atoms with Gasteiger partial charge >= 0.3 is 17.6 Å². The number of halogens is 1.